The van der Waals surface area contributed by atoms with Gasteiger partial charge in [-0.15, -0.1) is 0 Å². The van der Waals surface area contributed by atoms with E-state index in [0.29, 0.717) is 35.9 Å². The summed E-state index contributed by atoms with van der Waals surface area (Å²) < 4.78 is 0. The largest absolute Gasteiger partial charge is 0.330 e. The Morgan fingerprint density at radius 3 is 0.840 bits per heavy atom. The first kappa shape index (κ1) is 150. The van der Waals surface area contributed by atoms with Crippen molar-refractivity contribution in [1.29, 1.82) is 0 Å². The Hall–Kier alpha value is -0.640. The number of piperidine rings is 1. The summed E-state index contributed by atoms with van der Waals surface area (Å²) >= 11 is 0. The lowest BCUT2D eigenvalue weighted by atomic mass is 9.94. The quantitative estimate of drug-likeness (QED) is 0.0252. The van der Waals surface area contributed by atoms with Gasteiger partial charge in [-0.05, 0) is 343 Å². The molecule has 0 bridgehead atoms. The third-order valence-corrected chi connectivity index (χ3v) is 19.1. The van der Waals surface area contributed by atoms with Crippen LogP contribution in [0.2, 0.25) is 0 Å². The van der Waals surface area contributed by atoms with E-state index in [2.05, 4.69) is 292 Å². The fourth-order valence-corrected chi connectivity index (χ4v) is 9.94. The van der Waals surface area contributed by atoms with Crippen molar-refractivity contribution in [1.82, 2.24) is 42.5 Å². The van der Waals surface area contributed by atoms with Crippen LogP contribution < -0.4 is 88.4 Å². The van der Waals surface area contributed by atoms with Crippen LogP contribution in [-0.4, -0.2) is 157 Å². The zero-order chi connectivity index (χ0) is 95.3. The minimum atomic E-state index is 0.370. The van der Waals surface area contributed by atoms with Gasteiger partial charge in [-0.3, -0.25) is 0 Å². The lowest BCUT2D eigenvalue weighted by molar-refractivity contribution is 0.321. The minimum absolute atomic E-state index is 0.370. The molecule has 24 N–H and O–H groups in total. The molecular weight excluding hydrogens is 1460 g/mol. The van der Waals surface area contributed by atoms with Crippen molar-refractivity contribution in [3.8, 4) is 0 Å². The zero-order valence-electron chi connectivity index (χ0n) is 90.2. The molecule has 0 spiro atoms. The standard InChI is InChI=1S/C10H23N.3C8H19N.2C7H15N.2C7H17N.3C6H15N.3C5H13N.2C4H11N/c1-9(2)5-7-11-8-6-10(3)4;1-7(2)5-9-6-8(3)4;1-3-5-6-8(4-2)7-9;1-3-5-7-9-8-6-4-2;1-6-3-7(2)5-8-4-6;1-2-5-8-6-7-3-4-7;1-5(2)7(8)6(3)4;1-3-5-7(8)6-4-2;1-6(2)4-5-7-3;1-3-6(4-2)5-7;1-3-5-7-6-4-2;1-5(2)4-6-3;1-5(2)3-4-6;1-3-5(6)4-2;1-4(2)3-5;1-2-3-4-5/h9-11H,5-8H2,1-4H3;7-9H,5-6H2,1-4H3;8H,3-7,9H2,1-2H3;9H,3-8H2,1-2H3;6-8H,3-5H2,1-2H3;7-8H,2-6H2,1H3;5-7H,8H2,1-4H3;7H,3-6,8H2,1-2H3;6-7H,4-5H2,1-3H3;6H,3-5,7H2,1-2H3;7H,3-6H2,1-2H3;5-6H,4H2,1-3H3;2*5H,3-4,6H2,1-2H3;4H,3,5H2,1-2H3;2-5H2,1H3. The summed E-state index contributed by atoms with van der Waals surface area (Å²) in [4.78, 5) is 0. The first-order valence-corrected chi connectivity index (χ1v) is 51.5. The van der Waals surface area contributed by atoms with Gasteiger partial charge in [-0.25, -0.2) is 0 Å². The number of nitrogens with two attached hydrogens (primary N) is 8. The summed E-state index contributed by atoms with van der Waals surface area (Å²) in [5, 5.41) is 26.5. The SMILES string of the molecule is CC(C)C(N)C(C)C.CC(C)CCN.CC(C)CCNCCC(C)C.CC(C)CN.CC(C)CNCC(C)C.CC1CNCC(C)C1.CCC(CC)CN.CCC(N)CC.CCCC(N)CCC.CCCCC(CC)CN.CCCCN.CCCCNCCCC.CCCNCC1CC1.CCCNCCC.CNCC(C)C.CNCCC(C)C. The highest BCUT2D eigenvalue weighted by atomic mass is 14.9. The molecule has 1 aliphatic carbocycles. The van der Waals surface area contributed by atoms with E-state index in [0.717, 1.165) is 149 Å². The van der Waals surface area contributed by atoms with Crippen LogP contribution in [0.4, 0.5) is 0 Å². The van der Waals surface area contributed by atoms with E-state index >= 15 is 0 Å². The molecule has 742 valence electrons. The Labute approximate surface area is 758 Å². The average Bonchev–Trinajstić information content (AvgIpc) is 1.89. The van der Waals surface area contributed by atoms with Crippen LogP contribution in [0.15, 0.2) is 0 Å². The second-order valence-electron chi connectivity index (χ2n) is 38.1. The van der Waals surface area contributed by atoms with Crippen LogP contribution in [0.3, 0.4) is 0 Å². The molecule has 0 radical (unpaired) electrons. The second-order valence-corrected chi connectivity index (χ2v) is 38.1. The molecule has 2 aliphatic rings. The zero-order valence-corrected chi connectivity index (χ0v) is 90.2. The van der Waals surface area contributed by atoms with E-state index < -0.39 is 0 Å². The normalized spacial score (nSPS) is 13.2. The van der Waals surface area contributed by atoms with E-state index in [1.807, 2.05) is 14.1 Å². The van der Waals surface area contributed by atoms with Crippen molar-refractivity contribution in [3.63, 3.8) is 0 Å². The molecule has 16 heteroatoms. The Morgan fingerprint density at radius 2 is 0.655 bits per heavy atom. The van der Waals surface area contributed by atoms with Crippen LogP contribution in [-0.2, 0) is 0 Å². The lowest BCUT2D eigenvalue weighted by Crippen LogP contribution is -2.33. The maximum atomic E-state index is 5.76. The van der Waals surface area contributed by atoms with Crippen LogP contribution in [0, 0.1) is 88.8 Å². The van der Waals surface area contributed by atoms with Crippen LogP contribution in [0.25, 0.3) is 0 Å². The van der Waals surface area contributed by atoms with Crippen molar-refractivity contribution in [2.24, 2.45) is 135 Å². The Morgan fingerprint density at radius 1 is 0.303 bits per heavy atom. The number of hydrogen-bond donors (Lipinski definition) is 16. The van der Waals surface area contributed by atoms with E-state index in [-0.39, 0.29) is 0 Å². The van der Waals surface area contributed by atoms with Crippen molar-refractivity contribution >= 4 is 0 Å². The molecule has 1 heterocycles. The maximum Gasteiger partial charge on any atom is 0.00851 e. The first-order chi connectivity index (χ1) is 56.2. The van der Waals surface area contributed by atoms with E-state index in [1.54, 1.807) is 0 Å². The van der Waals surface area contributed by atoms with Gasteiger partial charge in [0, 0.05) is 18.1 Å². The van der Waals surface area contributed by atoms with Gasteiger partial charge in [0.15, 0.2) is 0 Å². The summed E-state index contributed by atoms with van der Waals surface area (Å²) in [6.45, 7) is 100.0. The molecule has 0 amide bonds. The van der Waals surface area contributed by atoms with Gasteiger partial charge < -0.3 is 88.4 Å². The molecule has 2 rings (SSSR count). The maximum absolute atomic E-state index is 5.76. The molecule has 1 saturated heterocycles. The fraction of sp³-hybridized carbons (Fsp3) is 1.00. The summed E-state index contributed by atoms with van der Waals surface area (Å²) in [5.41, 5.74) is 43.4. The highest BCUT2D eigenvalue weighted by Crippen LogP contribution is 2.27. The van der Waals surface area contributed by atoms with E-state index in [4.69, 9.17) is 45.9 Å². The molecule has 1 aliphatic heterocycles. The van der Waals surface area contributed by atoms with Crippen molar-refractivity contribution in [2.75, 3.05) is 138 Å². The smallest absolute Gasteiger partial charge is 0.00851 e. The monoisotopic (exact) mass is 1710 g/mol. The number of hydrogen-bond acceptors (Lipinski definition) is 16. The van der Waals surface area contributed by atoms with Crippen LogP contribution in [0.5, 0.6) is 0 Å². The van der Waals surface area contributed by atoms with Crippen molar-refractivity contribution in [3.05, 3.63) is 0 Å². The van der Waals surface area contributed by atoms with Gasteiger partial charge >= 0.3 is 0 Å². The van der Waals surface area contributed by atoms with Crippen LogP contribution in [0.1, 0.15) is 429 Å². The van der Waals surface area contributed by atoms with Gasteiger partial charge in [-0.1, -0.05) is 313 Å². The Bertz CT molecular complexity index is 1440. The minimum Gasteiger partial charge on any atom is -0.330 e. The molecule has 16 nitrogen and oxygen atoms in total. The molecule has 0 aromatic carbocycles. The van der Waals surface area contributed by atoms with E-state index in [1.165, 1.54) is 226 Å². The van der Waals surface area contributed by atoms with E-state index in [9.17, 15) is 0 Å². The predicted octanol–water partition coefficient (Wildman–Crippen LogP) is 23.4. The third kappa shape index (κ3) is 205. The summed E-state index contributed by atoms with van der Waals surface area (Å²) in [7, 11) is 3.96. The Kier molecular flexibility index (Phi) is 170. The second kappa shape index (κ2) is 135. The Balaban J connectivity index is -0.0000000827. The molecule has 1 saturated carbocycles. The van der Waals surface area contributed by atoms with Gasteiger partial charge in [-0.2, -0.15) is 0 Å². The third-order valence-electron chi connectivity index (χ3n) is 19.1. The highest BCUT2D eigenvalue weighted by Gasteiger charge is 2.20. The lowest BCUT2D eigenvalue weighted by Gasteiger charge is -2.24. The summed E-state index contributed by atoms with van der Waals surface area (Å²) in [6.07, 6.45) is 35.5. The van der Waals surface area contributed by atoms with Crippen molar-refractivity contribution < 1.29 is 0 Å². The first-order valence-electron chi connectivity index (χ1n) is 51.5. The summed E-state index contributed by atoms with van der Waals surface area (Å²) in [6, 6.07) is 1.27. The molecule has 0 aromatic heterocycles. The van der Waals surface area contributed by atoms with Gasteiger partial charge in [0.05, 0.1) is 0 Å². The molecule has 0 aromatic rings. The van der Waals surface area contributed by atoms with Gasteiger partial charge in [0.1, 0.15) is 0 Å². The van der Waals surface area contributed by atoms with Gasteiger partial charge in [0.2, 0.25) is 0 Å². The number of unbranched alkanes of at least 4 members (excludes halogenated alkanes) is 4. The molecule has 3 unspecified atom stereocenters. The number of nitrogens with one attached hydrogen (secondary N) is 8. The molecule has 3 atom stereocenters. The topological polar surface area (TPSA) is 304 Å². The number of rotatable bonds is 50. The summed E-state index contributed by atoms with van der Waals surface area (Å²) in [5.74, 6) is 11.9. The van der Waals surface area contributed by atoms with Crippen LogP contribution >= 0.6 is 0 Å². The highest BCUT2D eigenvalue weighted by molar-refractivity contribution is 4.75. The average molecular weight is 1710 g/mol. The van der Waals surface area contributed by atoms with Crippen molar-refractivity contribution in [2.45, 2.75) is 447 Å². The fourth-order valence-electron chi connectivity index (χ4n) is 9.94. The van der Waals surface area contributed by atoms with Gasteiger partial charge in [0.25, 0.3) is 0 Å². The predicted molar refractivity (Wildman–Crippen MR) is 560 cm³/mol. The molecular formula is C103H250N16. The molecule has 119 heavy (non-hydrogen) atoms. The molecule has 2 fully saturated rings.